The van der Waals surface area contributed by atoms with Crippen molar-refractivity contribution in [2.45, 2.75) is 32.4 Å². The van der Waals surface area contributed by atoms with Gasteiger partial charge >= 0.3 is 5.97 Å². The number of amides is 1. The van der Waals surface area contributed by atoms with Gasteiger partial charge in [-0.2, -0.15) is 0 Å². The molecule has 1 aromatic heterocycles. The summed E-state index contributed by atoms with van der Waals surface area (Å²) in [7, 11) is 1.47. The van der Waals surface area contributed by atoms with E-state index in [1.54, 1.807) is 6.92 Å². The molecule has 6 heteroatoms. The van der Waals surface area contributed by atoms with Gasteiger partial charge in [0.05, 0.1) is 6.54 Å². The minimum Gasteiger partial charge on any atom is -0.475 e. The number of carbonyl (C=O) groups excluding carboxylic acids is 1. The lowest BCUT2D eigenvalue weighted by Gasteiger charge is -2.24. The van der Waals surface area contributed by atoms with E-state index in [-0.39, 0.29) is 18.2 Å². The molecule has 0 spiro atoms. The van der Waals surface area contributed by atoms with Gasteiger partial charge in [-0.3, -0.25) is 4.79 Å². The van der Waals surface area contributed by atoms with Gasteiger partial charge in [0.25, 0.3) is 5.91 Å². The van der Waals surface area contributed by atoms with Gasteiger partial charge in [0, 0.05) is 7.11 Å². The molecule has 0 bridgehead atoms. The van der Waals surface area contributed by atoms with Crippen LogP contribution in [0.3, 0.4) is 0 Å². The fourth-order valence-corrected chi connectivity index (χ4v) is 1.34. The molecule has 0 radical (unpaired) electrons. The van der Waals surface area contributed by atoms with Gasteiger partial charge in [-0.25, -0.2) is 4.79 Å². The number of carboxylic acids is 1. The van der Waals surface area contributed by atoms with Crippen LogP contribution in [0.25, 0.3) is 0 Å². The number of furan rings is 1. The Labute approximate surface area is 105 Å². The lowest BCUT2D eigenvalue weighted by atomic mass is 10.0. The first-order valence-corrected chi connectivity index (χ1v) is 5.58. The van der Waals surface area contributed by atoms with Gasteiger partial charge in [0.2, 0.25) is 5.76 Å². The summed E-state index contributed by atoms with van der Waals surface area (Å²) in [5, 5.41) is 11.3. The molecule has 18 heavy (non-hydrogen) atoms. The number of rotatable bonds is 6. The topological polar surface area (TPSA) is 88.8 Å². The first kappa shape index (κ1) is 14.2. The predicted octanol–water partition coefficient (Wildman–Crippen LogP) is 1.41. The molecule has 0 saturated heterocycles. The number of ether oxygens (including phenoxy) is 1. The molecular formula is C12H17NO5. The summed E-state index contributed by atoms with van der Waals surface area (Å²) in [4.78, 5) is 22.5. The van der Waals surface area contributed by atoms with E-state index < -0.39 is 11.6 Å². The number of carboxylic acid groups (broad SMARTS) is 1. The fraction of sp³-hybridized carbons (Fsp3) is 0.500. The van der Waals surface area contributed by atoms with E-state index >= 15 is 0 Å². The third-order valence-electron chi connectivity index (χ3n) is 2.90. The van der Waals surface area contributed by atoms with Gasteiger partial charge in [-0.15, -0.1) is 0 Å². The molecule has 6 nitrogen and oxygen atoms in total. The van der Waals surface area contributed by atoms with E-state index in [2.05, 4.69) is 5.32 Å². The Hall–Kier alpha value is -1.82. The van der Waals surface area contributed by atoms with E-state index in [0.29, 0.717) is 12.2 Å². The quantitative estimate of drug-likeness (QED) is 0.802. The molecule has 0 aliphatic rings. The fourth-order valence-electron chi connectivity index (χ4n) is 1.34. The Balaban J connectivity index is 2.59. The second-order valence-corrected chi connectivity index (χ2v) is 4.04. The first-order chi connectivity index (χ1) is 8.42. The van der Waals surface area contributed by atoms with Crippen molar-refractivity contribution in [2.75, 3.05) is 7.11 Å². The number of hydrogen-bond donors (Lipinski definition) is 2. The SMILES string of the molecule is CCC(C)(OC)C(=O)NCc1ccc(C(=O)O)o1. The zero-order chi connectivity index (χ0) is 13.8. The van der Waals surface area contributed by atoms with Crippen molar-refractivity contribution in [2.24, 2.45) is 0 Å². The summed E-state index contributed by atoms with van der Waals surface area (Å²) in [6.45, 7) is 3.66. The maximum Gasteiger partial charge on any atom is 0.371 e. The average molecular weight is 255 g/mol. The van der Waals surface area contributed by atoms with Gasteiger partial charge in [0.15, 0.2) is 0 Å². The van der Waals surface area contributed by atoms with Crippen LogP contribution in [-0.4, -0.2) is 29.7 Å². The largest absolute Gasteiger partial charge is 0.475 e. The van der Waals surface area contributed by atoms with Crippen molar-refractivity contribution in [1.29, 1.82) is 0 Å². The molecule has 2 N–H and O–H groups in total. The third kappa shape index (κ3) is 3.10. The number of methoxy groups -OCH3 is 1. The van der Waals surface area contributed by atoms with Crippen molar-refractivity contribution in [3.8, 4) is 0 Å². The Kier molecular flexibility index (Phi) is 4.49. The monoisotopic (exact) mass is 255 g/mol. The standard InChI is InChI=1S/C12H17NO5/c1-4-12(2,17-3)11(16)13-7-8-5-6-9(18-8)10(14)15/h5-6H,4,7H2,1-3H3,(H,13,16)(H,14,15). The average Bonchev–Trinajstić information content (AvgIpc) is 2.83. The summed E-state index contributed by atoms with van der Waals surface area (Å²) in [5.74, 6) is -1.16. The van der Waals surface area contributed by atoms with Crippen LogP contribution >= 0.6 is 0 Å². The molecule has 0 fully saturated rings. The minimum absolute atomic E-state index is 0.130. The highest BCUT2D eigenvalue weighted by atomic mass is 16.5. The zero-order valence-corrected chi connectivity index (χ0v) is 10.6. The van der Waals surface area contributed by atoms with Gasteiger partial charge in [0.1, 0.15) is 11.4 Å². The number of nitrogens with one attached hydrogen (secondary N) is 1. The molecule has 1 unspecified atom stereocenters. The molecule has 1 heterocycles. The van der Waals surface area contributed by atoms with Crippen LogP contribution in [-0.2, 0) is 16.1 Å². The number of hydrogen-bond acceptors (Lipinski definition) is 4. The van der Waals surface area contributed by atoms with Gasteiger partial charge in [-0.1, -0.05) is 6.92 Å². The Morgan fingerprint density at radius 3 is 2.61 bits per heavy atom. The van der Waals surface area contributed by atoms with Crippen LogP contribution in [0.1, 0.15) is 36.6 Å². The number of carbonyl (C=O) groups is 2. The normalized spacial score (nSPS) is 13.9. The molecule has 0 aliphatic heterocycles. The van der Waals surface area contributed by atoms with Crippen LogP contribution in [0.4, 0.5) is 0 Å². The highest BCUT2D eigenvalue weighted by molar-refractivity contribution is 5.85. The van der Waals surface area contributed by atoms with E-state index in [0.717, 1.165) is 0 Å². The highest BCUT2D eigenvalue weighted by Gasteiger charge is 2.30. The predicted molar refractivity (Wildman–Crippen MR) is 63.2 cm³/mol. The molecular weight excluding hydrogens is 238 g/mol. The molecule has 0 aromatic carbocycles. The van der Waals surface area contributed by atoms with Crippen LogP contribution in [0.5, 0.6) is 0 Å². The van der Waals surface area contributed by atoms with Crippen molar-refractivity contribution >= 4 is 11.9 Å². The maximum atomic E-state index is 11.8. The Morgan fingerprint density at radius 1 is 1.50 bits per heavy atom. The molecule has 100 valence electrons. The van der Waals surface area contributed by atoms with Crippen molar-refractivity contribution in [3.05, 3.63) is 23.7 Å². The smallest absolute Gasteiger partial charge is 0.371 e. The van der Waals surface area contributed by atoms with Crippen LogP contribution in [0, 0.1) is 0 Å². The summed E-state index contributed by atoms with van der Waals surface area (Å²) >= 11 is 0. The zero-order valence-electron chi connectivity index (χ0n) is 10.6. The summed E-state index contributed by atoms with van der Waals surface area (Å²) in [6.07, 6.45) is 0.536. The molecule has 0 aliphatic carbocycles. The lowest BCUT2D eigenvalue weighted by molar-refractivity contribution is -0.142. The number of aromatic carboxylic acids is 1. The summed E-state index contributed by atoms with van der Waals surface area (Å²) in [6, 6.07) is 2.86. The van der Waals surface area contributed by atoms with Crippen LogP contribution in [0.15, 0.2) is 16.5 Å². The lowest BCUT2D eigenvalue weighted by Crippen LogP contribution is -2.45. The molecule has 1 rings (SSSR count). The molecule has 1 amide bonds. The second-order valence-electron chi connectivity index (χ2n) is 4.04. The minimum atomic E-state index is -1.14. The van der Waals surface area contributed by atoms with Crippen molar-refractivity contribution < 1.29 is 23.8 Å². The summed E-state index contributed by atoms with van der Waals surface area (Å²) < 4.78 is 10.2. The van der Waals surface area contributed by atoms with Crippen LogP contribution in [0.2, 0.25) is 0 Å². The van der Waals surface area contributed by atoms with Crippen molar-refractivity contribution in [3.63, 3.8) is 0 Å². The van der Waals surface area contributed by atoms with E-state index in [4.69, 9.17) is 14.3 Å². The maximum absolute atomic E-state index is 11.8. The Bertz CT molecular complexity index is 433. The molecule has 0 saturated carbocycles. The summed E-state index contributed by atoms with van der Waals surface area (Å²) in [5.41, 5.74) is -0.887. The molecule has 1 atom stereocenters. The van der Waals surface area contributed by atoms with Crippen LogP contribution < -0.4 is 5.32 Å². The third-order valence-corrected chi connectivity index (χ3v) is 2.90. The van der Waals surface area contributed by atoms with Crippen molar-refractivity contribution in [1.82, 2.24) is 5.32 Å². The van der Waals surface area contributed by atoms with E-state index in [1.165, 1.54) is 19.2 Å². The van der Waals surface area contributed by atoms with E-state index in [9.17, 15) is 9.59 Å². The van der Waals surface area contributed by atoms with Gasteiger partial charge in [-0.05, 0) is 25.5 Å². The van der Waals surface area contributed by atoms with E-state index in [1.807, 2.05) is 6.92 Å². The second kappa shape index (κ2) is 5.68. The highest BCUT2D eigenvalue weighted by Crippen LogP contribution is 2.14. The van der Waals surface area contributed by atoms with Gasteiger partial charge < -0.3 is 19.6 Å². The Morgan fingerprint density at radius 2 is 2.17 bits per heavy atom. The molecule has 1 aromatic rings. The first-order valence-electron chi connectivity index (χ1n) is 5.58.